The fraction of sp³-hybridized carbons (Fsp3) is 0. The number of rotatable bonds is 2. The maximum absolute atomic E-state index is 6.33. The Labute approximate surface area is 266 Å². The number of nitrogens with zero attached hydrogens (tertiary/aromatic N) is 2. The van der Waals surface area contributed by atoms with Gasteiger partial charge in [-0.25, -0.2) is 0 Å². The highest BCUT2D eigenvalue weighted by atomic mass is 32.1. The van der Waals surface area contributed by atoms with Gasteiger partial charge in [-0.15, -0.1) is 11.3 Å². The molecule has 46 heavy (non-hydrogen) atoms. The molecule has 0 spiro atoms. The summed E-state index contributed by atoms with van der Waals surface area (Å²) in [6.07, 6.45) is 0. The molecule has 7 aromatic carbocycles. The highest BCUT2D eigenvalue weighted by Gasteiger charge is 2.22. The highest BCUT2D eigenvalue weighted by Crippen LogP contribution is 2.44. The van der Waals surface area contributed by atoms with E-state index in [-0.39, 0.29) is 0 Å². The van der Waals surface area contributed by atoms with E-state index < -0.39 is 0 Å². The Hall–Kier alpha value is -5.84. The van der Waals surface area contributed by atoms with Gasteiger partial charge in [-0.2, -0.15) is 0 Å². The van der Waals surface area contributed by atoms with E-state index >= 15 is 0 Å². The normalized spacial score (nSPS) is 12.3. The number of aromatic nitrogens is 2. The number of hydrogen-bond acceptors (Lipinski definition) is 2. The molecule has 0 saturated heterocycles. The molecule has 4 aromatic heterocycles. The molecule has 4 heteroatoms. The molecule has 0 atom stereocenters. The predicted molar refractivity (Wildman–Crippen MR) is 195 cm³/mol. The average molecular weight is 605 g/mol. The van der Waals surface area contributed by atoms with Crippen LogP contribution in [0.4, 0.5) is 0 Å². The van der Waals surface area contributed by atoms with Gasteiger partial charge in [-0.1, -0.05) is 84.9 Å². The minimum absolute atomic E-state index is 0.902. The summed E-state index contributed by atoms with van der Waals surface area (Å²) in [5, 5.41) is 9.97. The molecule has 0 fully saturated rings. The van der Waals surface area contributed by atoms with Crippen LogP contribution in [0.3, 0.4) is 0 Å². The van der Waals surface area contributed by atoms with E-state index in [2.05, 4.69) is 149 Å². The Balaban J connectivity index is 1.28. The van der Waals surface area contributed by atoms with Crippen molar-refractivity contribution in [1.29, 1.82) is 0 Å². The lowest BCUT2D eigenvalue weighted by Gasteiger charge is -2.10. The summed E-state index contributed by atoms with van der Waals surface area (Å²) >= 11 is 1.87. The van der Waals surface area contributed by atoms with Crippen LogP contribution in [0, 0.1) is 0 Å². The zero-order chi connectivity index (χ0) is 29.9. The summed E-state index contributed by atoms with van der Waals surface area (Å²) in [7, 11) is 0. The van der Waals surface area contributed by atoms with E-state index in [1.54, 1.807) is 0 Å². The molecule has 0 unspecified atom stereocenters. The second kappa shape index (κ2) is 8.87. The Morgan fingerprint density at radius 1 is 0.391 bits per heavy atom. The van der Waals surface area contributed by atoms with Gasteiger partial charge < -0.3 is 13.6 Å². The van der Waals surface area contributed by atoms with Crippen molar-refractivity contribution < 1.29 is 4.42 Å². The Morgan fingerprint density at radius 2 is 1.00 bits per heavy atom. The van der Waals surface area contributed by atoms with E-state index in [4.69, 9.17) is 4.42 Å². The van der Waals surface area contributed by atoms with Crippen LogP contribution in [-0.4, -0.2) is 9.13 Å². The van der Waals surface area contributed by atoms with Crippen molar-refractivity contribution in [2.45, 2.75) is 0 Å². The average Bonchev–Trinajstić information content (AvgIpc) is 3.85. The highest BCUT2D eigenvalue weighted by molar-refractivity contribution is 7.25. The molecule has 0 radical (unpaired) electrons. The summed E-state index contributed by atoms with van der Waals surface area (Å²) in [5.74, 6) is 0. The third-order valence-electron chi connectivity index (χ3n) is 9.71. The molecule has 0 amide bonds. The molecule has 0 saturated carbocycles. The van der Waals surface area contributed by atoms with Crippen molar-refractivity contribution in [1.82, 2.24) is 9.13 Å². The van der Waals surface area contributed by atoms with Gasteiger partial charge in [0.2, 0.25) is 0 Å². The predicted octanol–water partition coefficient (Wildman–Crippen LogP) is 12.1. The van der Waals surface area contributed by atoms with Crippen LogP contribution >= 0.6 is 11.3 Å². The van der Waals surface area contributed by atoms with Gasteiger partial charge in [-0.05, 0) is 60.7 Å². The Morgan fingerprint density at radius 3 is 1.80 bits per heavy atom. The molecule has 214 valence electrons. The third-order valence-corrected chi connectivity index (χ3v) is 10.8. The molecule has 0 bridgehead atoms. The van der Waals surface area contributed by atoms with E-state index in [9.17, 15) is 0 Å². The van der Waals surface area contributed by atoms with Gasteiger partial charge in [0, 0.05) is 52.8 Å². The lowest BCUT2D eigenvalue weighted by atomic mass is 10.1. The van der Waals surface area contributed by atoms with E-state index in [0.29, 0.717) is 0 Å². The Kier molecular flexibility index (Phi) is 4.72. The van der Waals surface area contributed by atoms with E-state index in [0.717, 1.165) is 27.6 Å². The summed E-state index contributed by atoms with van der Waals surface area (Å²) in [6, 6.07) is 52.7. The first-order valence-corrected chi connectivity index (χ1v) is 16.4. The number of furan rings is 1. The lowest BCUT2D eigenvalue weighted by molar-refractivity contribution is 0.669. The van der Waals surface area contributed by atoms with Crippen LogP contribution in [0.2, 0.25) is 0 Å². The molecule has 0 aliphatic carbocycles. The van der Waals surface area contributed by atoms with Crippen molar-refractivity contribution in [3.63, 3.8) is 0 Å². The topological polar surface area (TPSA) is 23.0 Å². The molecular formula is C42H24N2OS. The number of fused-ring (bicyclic) bond motifs is 13. The smallest absolute Gasteiger partial charge is 0.137 e. The number of thiophene rings is 1. The van der Waals surface area contributed by atoms with Crippen LogP contribution in [0.5, 0.6) is 0 Å². The second-order valence-electron chi connectivity index (χ2n) is 12.1. The minimum atomic E-state index is 0.902. The minimum Gasteiger partial charge on any atom is -0.456 e. The van der Waals surface area contributed by atoms with Crippen molar-refractivity contribution >= 4 is 97.1 Å². The first-order valence-electron chi connectivity index (χ1n) is 15.6. The quantitative estimate of drug-likeness (QED) is 0.192. The zero-order valence-electron chi connectivity index (χ0n) is 24.6. The first-order chi connectivity index (χ1) is 22.8. The molecule has 11 aromatic rings. The SMILES string of the molecule is c1ccc2c(c1)oc1cccc(-n3c4ccccc4c4c5c6ccccc6n(-c6ccc7c(c6)sc6ccccc67)c5ccc43)c12. The monoisotopic (exact) mass is 604 g/mol. The van der Waals surface area contributed by atoms with Crippen LogP contribution in [-0.2, 0) is 0 Å². The van der Waals surface area contributed by atoms with Crippen molar-refractivity contribution in [3.8, 4) is 11.4 Å². The molecule has 3 nitrogen and oxygen atoms in total. The molecule has 0 N–H and O–H groups in total. The van der Waals surface area contributed by atoms with Gasteiger partial charge >= 0.3 is 0 Å². The molecule has 0 aliphatic heterocycles. The number of para-hydroxylation sites is 3. The van der Waals surface area contributed by atoms with Crippen molar-refractivity contribution in [2.75, 3.05) is 0 Å². The van der Waals surface area contributed by atoms with Crippen molar-refractivity contribution in [2.24, 2.45) is 0 Å². The van der Waals surface area contributed by atoms with Gasteiger partial charge in [-0.3, -0.25) is 0 Å². The van der Waals surface area contributed by atoms with Gasteiger partial charge in [0.1, 0.15) is 11.2 Å². The van der Waals surface area contributed by atoms with Crippen molar-refractivity contribution in [3.05, 3.63) is 146 Å². The first kappa shape index (κ1) is 24.5. The fourth-order valence-electron chi connectivity index (χ4n) is 7.85. The second-order valence-corrected chi connectivity index (χ2v) is 13.2. The summed E-state index contributed by atoms with van der Waals surface area (Å²) in [5.41, 5.74) is 8.93. The van der Waals surface area contributed by atoms with Crippen LogP contribution < -0.4 is 0 Å². The molecule has 4 heterocycles. The summed E-state index contributed by atoms with van der Waals surface area (Å²) in [6.45, 7) is 0. The van der Waals surface area contributed by atoms with Crippen LogP contribution in [0.25, 0.3) is 97.1 Å². The standard InChI is InChI=1S/C42H24N2OS/c1-5-14-31-28(11-1)41-34(43(31)25-20-21-27-26-10-4-8-19-38(26)46-39(27)24-25)22-23-35-42(41)29-12-2-6-15-32(29)44(35)33-16-9-18-37-40(33)30-13-3-7-17-36(30)45-37/h1-24H. The van der Waals surface area contributed by atoms with Gasteiger partial charge in [0.25, 0.3) is 0 Å². The van der Waals surface area contributed by atoms with Crippen LogP contribution in [0.1, 0.15) is 0 Å². The lowest BCUT2D eigenvalue weighted by Crippen LogP contribution is -1.95. The number of benzene rings is 7. The van der Waals surface area contributed by atoms with Gasteiger partial charge in [0.05, 0.1) is 33.1 Å². The largest absolute Gasteiger partial charge is 0.456 e. The van der Waals surface area contributed by atoms with E-state index in [1.807, 2.05) is 17.4 Å². The molecular weight excluding hydrogens is 581 g/mol. The maximum Gasteiger partial charge on any atom is 0.137 e. The molecule has 11 rings (SSSR count). The summed E-state index contributed by atoms with van der Waals surface area (Å²) in [4.78, 5) is 0. The van der Waals surface area contributed by atoms with E-state index in [1.165, 1.54) is 69.5 Å². The third kappa shape index (κ3) is 3.11. The zero-order valence-corrected chi connectivity index (χ0v) is 25.4. The Bertz CT molecular complexity index is 3040. The maximum atomic E-state index is 6.33. The number of hydrogen-bond donors (Lipinski definition) is 0. The molecule has 0 aliphatic rings. The van der Waals surface area contributed by atoms with Gasteiger partial charge in [0.15, 0.2) is 0 Å². The summed E-state index contributed by atoms with van der Waals surface area (Å²) < 4.78 is 13.8. The fourth-order valence-corrected chi connectivity index (χ4v) is 8.99. The van der Waals surface area contributed by atoms with Crippen LogP contribution in [0.15, 0.2) is 150 Å².